The summed E-state index contributed by atoms with van der Waals surface area (Å²) in [6, 6.07) is 16.3. The van der Waals surface area contributed by atoms with Gasteiger partial charge < -0.3 is 4.57 Å². The third kappa shape index (κ3) is 2.29. The quantitative estimate of drug-likeness (QED) is 0.629. The molecule has 1 aromatic heterocycles. The lowest BCUT2D eigenvalue weighted by molar-refractivity contribution is 0.627. The molecule has 3 aromatic rings. The topological polar surface area (TPSA) is 28.7 Å². The highest BCUT2D eigenvalue weighted by Gasteiger charge is 2.11. The van der Waals surface area contributed by atoms with E-state index in [0.717, 1.165) is 27.7 Å². The zero-order chi connectivity index (χ0) is 15.7. The summed E-state index contributed by atoms with van der Waals surface area (Å²) in [6.45, 7) is 2.03. The Kier molecular flexibility index (Phi) is 3.52. The summed E-state index contributed by atoms with van der Waals surface area (Å²) in [5.41, 5.74) is 4.49. The molecule has 22 heavy (non-hydrogen) atoms. The molecule has 2 nitrogen and oxygen atoms in total. The molecule has 0 N–H and O–H groups in total. The van der Waals surface area contributed by atoms with Gasteiger partial charge in [-0.3, -0.25) is 0 Å². The van der Waals surface area contributed by atoms with Gasteiger partial charge in [0.1, 0.15) is 5.82 Å². The maximum absolute atomic E-state index is 13.1. The normalized spacial score (nSPS) is 11.6. The fourth-order valence-electron chi connectivity index (χ4n) is 2.69. The first kappa shape index (κ1) is 14.1. The summed E-state index contributed by atoms with van der Waals surface area (Å²) in [7, 11) is 2.01. The van der Waals surface area contributed by atoms with Gasteiger partial charge in [-0.05, 0) is 36.8 Å². The van der Waals surface area contributed by atoms with Crippen LogP contribution >= 0.6 is 0 Å². The second kappa shape index (κ2) is 5.50. The molecule has 3 rings (SSSR count). The second-order valence-corrected chi connectivity index (χ2v) is 5.25. The number of nitrogens with zero attached hydrogens (tertiary/aromatic N) is 2. The highest BCUT2D eigenvalue weighted by molar-refractivity contribution is 5.99. The van der Waals surface area contributed by atoms with E-state index in [2.05, 4.69) is 16.7 Å². The van der Waals surface area contributed by atoms with E-state index in [1.807, 2.05) is 38.2 Å². The zero-order valence-electron chi connectivity index (χ0n) is 12.5. The van der Waals surface area contributed by atoms with Crippen molar-refractivity contribution in [1.29, 1.82) is 5.26 Å². The minimum absolute atomic E-state index is 0.303. The highest BCUT2D eigenvalue weighted by Crippen LogP contribution is 2.28. The number of para-hydroxylation sites is 1. The van der Waals surface area contributed by atoms with Crippen LogP contribution in [-0.2, 0) is 7.05 Å². The molecule has 0 atom stereocenters. The molecule has 3 heteroatoms. The van der Waals surface area contributed by atoms with E-state index < -0.39 is 0 Å². The van der Waals surface area contributed by atoms with Crippen LogP contribution in [0, 0.1) is 24.1 Å². The van der Waals surface area contributed by atoms with E-state index in [1.165, 1.54) is 12.1 Å². The molecule has 0 spiro atoms. The largest absolute Gasteiger partial charge is 0.347 e. The fourth-order valence-corrected chi connectivity index (χ4v) is 2.69. The number of hydrogen-bond acceptors (Lipinski definition) is 1. The Hall–Kier alpha value is -2.86. The molecule has 0 aliphatic heterocycles. The second-order valence-electron chi connectivity index (χ2n) is 5.25. The first-order valence-corrected chi connectivity index (χ1v) is 7.03. The molecule has 0 bridgehead atoms. The molecule has 0 unspecified atom stereocenters. The molecular formula is C19H15FN2. The average molecular weight is 290 g/mol. The fraction of sp³-hybridized carbons (Fsp3) is 0.105. The van der Waals surface area contributed by atoms with Gasteiger partial charge in [0.25, 0.3) is 0 Å². The Balaban J connectivity index is 2.20. The van der Waals surface area contributed by atoms with Crippen LogP contribution < -0.4 is 0 Å². The van der Waals surface area contributed by atoms with Crippen LogP contribution in [0.5, 0.6) is 0 Å². The lowest BCUT2D eigenvalue weighted by Gasteiger charge is -2.01. The van der Waals surface area contributed by atoms with Crippen molar-refractivity contribution < 1.29 is 4.39 Å². The van der Waals surface area contributed by atoms with E-state index in [4.69, 9.17) is 0 Å². The minimum Gasteiger partial charge on any atom is -0.347 e. The molecule has 0 saturated heterocycles. The Morgan fingerprint density at radius 2 is 1.82 bits per heavy atom. The summed E-state index contributed by atoms with van der Waals surface area (Å²) >= 11 is 0. The van der Waals surface area contributed by atoms with Gasteiger partial charge in [0.15, 0.2) is 0 Å². The number of aryl methyl sites for hydroxylation is 1. The summed E-state index contributed by atoms with van der Waals surface area (Å²) in [6.07, 6.45) is 1.88. The van der Waals surface area contributed by atoms with Gasteiger partial charge in [0.2, 0.25) is 0 Å². The number of hydrogen-bond donors (Lipinski definition) is 0. The summed E-state index contributed by atoms with van der Waals surface area (Å²) in [5.74, 6) is -0.303. The first-order chi connectivity index (χ1) is 10.6. The van der Waals surface area contributed by atoms with Crippen molar-refractivity contribution in [3.8, 4) is 6.07 Å². The zero-order valence-corrected chi connectivity index (χ0v) is 12.5. The summed E-state index contributed by atoms with van der Waals surface area (Å²) in [4.78, 5) is 0. The van der Waals surface area contributed by atoms with Crippen LogP contribution in [-0.4, -0.2) is 4.57 Å². The number of aromatic nitrogens is 1. The Morgan fingerprint density at radius 3 is 2.50 bits per heavy atom. The molecule has 0 amide bonds. The number of nitriles is 1. The number of benzene rings is 2. The highest BCUT2D eigenvalue weighted by atomic mass is 19.1. The van der Waals surface area contributed by atoms with Crippen LogP contribution in [0.4, 0.5) is 4.39 Å². The third-order valence-corrected chi connectivity index (χ3v) is 4.01. The van der Waals surface area contributed by atoms with E-state index >= 15 is 0 Å². The van der Waals surface area contributed by atoms with Gasteiger partial charge in [0, 0.05) is 29.2 Å². The van der Waals surface area contributed by atoms with Crippen molar-refractivity contribution in [1.82, 2.24) is 4.57 Å². The van der Waals surface area contributed by atoms with Crippen LogP contribution in [0.1, 0.15) is 16.8 Å². The van der Waals surface area contributed by atoms with Crippen molar-refractivity contribution in [2.75, 3.05) is 0 Å². The van der Waals surface area contributed by atoms with Crippen molar-refractivity contribution in [3.05, 3.63) is 71.2 Å². The molecule has 1 heterocycles. The predicted octanol–water partition coefficient (Wildman–Crippen LogP) is 4.69. The summed E-state index contributed by atoms with van der Waals surface area (Å²) in [5, 5.41) is 10.6. The molecule has 0 fully saturated rings. The van der Waals surface area contributed by atoms with Gasteiger partial charge in [-0.25, -0.2) is 4.39 Å². The summed E-state index contributed by atoms with van der Waals surface area (Å²) < 4.78 is 15.2. The maximum atomic E-state index is 13.1. The van der Waals surface area contributed by atoms with Crippen LogP contribution in [0.2, 0.25) is 0 Å². The monoisotopic (exact) mass is 290 g/mol. The van der Waals surface area contributed by atoms with E-state index in [-0.39, 0.29) is 5.82 Å². The smallest absolute Gasteiger partial charge is 0.123 e. The Morgan fingerprint density at radius 1 is 1.14 bits per heavy atom. The van der Waals surface area contributed by atoms with Gasteiger partial charge in [0.05, 0.1) is 11.6 Å². The molecule has 0 saturated carbocycles. The Bertz CT molecular complexity index is 909. The van der Waals surface area contributed by atoms with E-state index in [9.17, 15) is 9.65 Å². The van der Waals surface area contributed by atoms with Gasteiger partial charge in [-0.2, -0.15) is 5.26 Å². The van der Waals surface area contributed by atoms with Crippen LogP contribution in [0.3, 0.4) is 0 Å². The molecule has 0 radical (unpaired) electrons. The molecular weight excluding hydrogens is 275 g/mol. The van der Waals surface area contributed by atoms with Crippen LogP contribution in [0.25, 0.3) is 22.6 Å². The maximum Gasteiger partial charge on any atom is 0.123 e. The van der Waals surface area contributed by atoms with E-state index in [0.29, 0.717) is 5.57 Å². The lowest BCUT2D eigenvalue weighted by Crippen LogP contribution is -1.90. The average Bonchev–Trinajstić information content (AvgIpc) is 2.78. The third-order valence-electron chi connectivity index (χ3n) is 4.01. The Labute approximate surface area is 128 Å². The predicted molar refractivity (Wildman–Crippen MR) is 87.5 cm³/mol. The van der Waals surface area contributed by atoms with Crippen molar-refractivity contribution >= 4 is 22.6 Å². The first-order valence-electron chi connectivity index (χ1n) is 7.03. The van der Waals surface area contributed by atoms with Gasteiger partial charge >= 0.3 is 0 Å². The molecule has 0 aliphatic carbocycles. The van der Waals surface area contributed by atoms with E-state index in [1.54, 1.807) is 12.1 Å². The lowest BCUT2D eigenvalue weighted by atomic mass is 10.0. The number of fused-ring (bicyclic) bond motifs is 1. The number of allylic oxidation sites excluding steroid dienone is 1. The van der Waals surface area contributed by atoms with Crippen molar-refractivity contribution in [2.45, 2.75) is 6.92 Å². The van der Waals surface area contributed by atoms with Crippen molar-refractivity contribution in [3.63, 3.8) is 0 Å². The molecule has 2 aromatic carbocycles. The molecule has 0 aliphatic rings. The van der Waals surface area contributed by atoms with Crippen LogP contribution in [0.15, 0.2) is 48.5 Å². The molecule has 108 valence electrons. The van der Waals surface area contributed by atoms with Gasteiger partial charge in [-0.15, -0.1) is 0 Å². The number of rotatable bonds is 2. The van der Waals surface area contributed by atoms with Gasteiger partial charge in [-0.1, -0.05) is 30.3 Å². The SMILES string of the molecule is Cc1c(/C=C(\C#N)c2ccc(F)cc2)c2ccccc2n1C. The number of halogens is 1. The minimum atomic E-state index is -0.303. The van der Waals surface area contributed by atoms with Crippen molar-refractivity contribution in [2.24, 2.45) is 7.05 Å². The standard InChI is InChI=1S/C19H15FN2/c1-13-18(17-5-3-4-6-19(17)22(13)2)11-15(12-21)14-7-9-16(20)10-8-14/h3-11H,1-2H3/b15-11+.